The highest BCUT2D eigenvalue weighted by Crippen LogP contribution is 2.29. The van der Waals surface area contributed by atoms with Crippen molar-refractivity contribution in [3.63, 3.8) is 0 Å². The molecule has 4 rings (SSSR count). The van der Waals surface area contributed by atoms with Crippen LogP contribution >= 0.6 is 0 Å². The first kappa shape index (κ1) is 25.0. The predicted molar refractivity (Wildman–Crippen MR) is 141 cm³/mol. The van der Waals surface area contributed by atoms with Gasteiger partial charge in [-0.25, -0.2) is 4.98 Å². The third-order valence-corrected chi connectivity index (χ3v) is 5.29. The maximum atomic E-state index is 12.4. The summed E-state index contributed by atoms with van der Waals surface area (Å²) in [6.07, 6.45) is 1.58. The quantitative estimate of drug-likeness (QED) is 0.329. The van der Waals surface area contributed by atoms with Crippen molar-refractivity contribution in [2.75, 3.05) is 25.6 Å². The van der Waals surface area contributed by atoms with Gasteiger partial charge in [0.25, 0.3) is 11.5 Å². The van der Waals surface area contributed by atoms with Crippen molar-refractivity contribution in [2.45, 2.75) is 6.92 Å². The lowest BCUT2D eigenvalue weighted by Gasteiger charge is -2.12. The van der Waals surface area contributed by atoms with E-state index in [1.54, 1.807) is 72.8 Å². The molecule has 0 atom stereocenters. The van der Waals surface area contributed by atoms with E-state index in [2.05, 4.69) is 21.4 Å². The van der Waals surface area contributed by atoms with Crippen molar-refractivity contribution in [1.82, 2.24) is 9.97 Å². The fourth-order valence-electron chi connectivity index (χ4n) is 3.57. The molecule has 0 saturated heterocycles. The molecule has 3 aromatic carbocycles. The molecule has 0 radical (unpaired) electrons. The standard InChI is InChI=1S/C28H24N4O5/c1-3-36-21-11-9-20(10-12-21)30-26(33)17-37-24-13-8-18(15-25(24)35-2)14-19(16-29)27-31-23-7-5-4-6-22(23)28(34)32-27/h4-15H,3,17H2,1-2H3,(H,30,33)(H,31,32,34)/b19-14+. The van der Waals surface area contributed by atoms with Crippen LogP contribution in [-0.2, 0) is 4.79 Å². The van der Waals surface area contributed by atoms with Gasteiger partial charge in [0.1, 0.15) is 11.8 Å². The molecular formula is C28H24N4O5. The van der Waals surface area contributed by atoms with Gasteiger partial charge in [0.2, 0.25) is 0 Å². The van der Waals surface area contributed by atoms with E-state index in [9.17, 15) is 14.9 Å². The van der Waals surface area contributed by atoms with Gasteiger partial charge in [-0.1, -0.05) is 18.2 Å². The zero-order valence-electron chi connectivity index (χ0n) is 20.3. The highest BCUT2D eigenvalue weighted by atomic mass is 16.5. The normalized spacial score (nSPS) is 11.0. The van der Waals surface area contributed by atoms with E-state index < -0.39 is 0 Å². The molecule has 1 amide bonds. The number of ether oxygens (including phenoxy) is 3. The molecule has 0 aliphatic rings. The van der Waals surface area contributed by atoms with Gasteiger partial charge in [-0.05, 0) is 67.1 Å². The molecule has 4 aromatic rings. The molecule has 1 heterocycles. The maximum Gasteiger partial charge on any atom is 0.262 e. The molecule has 9 nitrogen and oxygen atoms in total. The largest absolute Gasteiger partial charge is 0.494 e. The molecule has 37 heavy (non-hydrogen) atoms. The third kappa shape index (κ3) is 6.13. The fourth-order valence-corrected chi connectivity index (χ4v) is 3.57. The number of nitrogens with one attached hydrogen (secondary N) is 2. The topological polar surface area (TPSA) is 126 Å². The number of carbonyl (C=O) groups excluding carboxylic acids is 1. The Balaban J connectivity index is 1.47. The number of anilines is 1. The third-order valence-electron chi connectivity index (χ3n) is 5.29. The molecule has 0 spiro atoms. The number of aromatic amines is 1. The van der Waals surface area contributed by atoms with Crippen LogP contribution in [0.2, 0.25) is 0 Å². The average Bonchev–Trinajstić information content (AvgIpc) is 2.92. The molecule has 0 unspecified atom stereocenters. The monoisotopic (exact) mass is 496 g/mol. The second-order valence-electron chi connectivity index (χ2n) is 7.81. The van der Waals surface area contributed by atoms with Gasteiger partial charge in [0.15, 0.2) is 23.9 Å². The molecule has 0 bridgehead atoms. The molecule has 0 aliphatic heterocycles. The van der Waals surface area contributed by atoms with E-state index in [4.69, 9.17) is 14.2 Å². The van der Waals surface area contributed by atoms with E-state index in [1.165, 1.54) is 7.11 Å². The molecular weight excluding hydrogens is 472 g/mol. The van der Waals surface area contributed by atoms with Crippen LogP contribution < -0.4 is 25.1 Å². The van der Waals surface area contributed by atoms with Crippen LogP contribution in [-0.4, -0.2) is 36.2 Å². The summed E-state index contributed by atoms with van der Waals surface area (Å²) < 4.78 is 16.5. The summed E-state index contributed by atoms with van der Waals surface area (Å²) in [5, 5.41) is 12.9. The number of hydrogen-bond donors (Lipinski definition) is 2. The highest BCUT2D eigenvalue weighted by molar-refractivity contribution is 5.92. The second-order valence-corrected chi connectivity index (χ2v) is 7.81. The van der Waals surface area contributed by atoms with Crippen molar-refractivity contribution in [1.29, 1.82) is 5.26 Å². The average molecular weight is 497 g/mol. The Hall–Kier alpha value is -5.10. The molecule has 0 aliphatic carbocycles. The van der Waals surface area contributed by atoms with E-state index in [1.807, 2.05) is 6.92 Å². The first-order valence-electron chi connectivity index (χ1n) is 11.5. The van der Waals surface area contributed by atoms with Crippen LogP contribution in [0.1, 0.15) is 18.3 Å². The number of amides is 1. The van der Waals surface area contributed by atoms with E-state index in [-0.39, 0.29) is 29.5 Å². The lowest BCUT2D eigenvalue weighted by molar-refractivity contribution is -0.118. The molecule has 0 fully saturated rings. The first-order chi connectivity index (χ1) is 18.0. The van der Waals surface area contributed by atoms with Crippen LogP contribution in [0.4, 0.5) is 5.69 Å². The summed E-state index contributed by atoms with van der Waals surface area (Å²) in [6, 6.07) is 21.0. The van der Waals surface area contributed by atoms with E-state index in [0.717, 1.165) is 5.75 Å². The van der Waals surface area contributed by atoms with E-state index >= 15 is 0 Å². The smallest absolute Gasteiger partial charge is 0.262 e. The minimum Gasteiger partial charge on any atom is -0.494 e. The zero-order chi connectivity index (χ0) is 26.2. The Kier molecular flexibility index (Phi) is 7.81. The number of hydrogen-bond acceptors (Lipinski definition) is 7. The van der Waals surface area contributed by atoms with Gasteiger partial charge in [-0.2, -0.15) is 5.26 Å². The summed E-state index contributed by atoms with van der Waals surface area (Å²) in [7, 11) is 1.48. The lowest BCUT2D eigenvalue weighted by Crippen LogP contribution is -2.20. The molecule has 2 N–H and O–H groups in total. The summed E-state index contributed by atoms with van der Waals surface area (Å²) in [5.41, 5.74) is 1.58. The Morgan fingerprint density at radius 1 is 1.08 bits per heavy atom. The number of nitrogens with zero attached hydrogens (tertiary/aromatic N) is 2. The SMILES string of the molecule is CCOc1ccc(NC(=O)COc2ccc(/C=C(\C#N)c3nc4ccccc4c(=O)[nH]3)cc2OC)cc1. The molecule has 9 heteroatoms. The number of methoxy groups -OCH3 is 1. The second kappa shape index (κ2) is 11.6. The van der Waals surface area contributed by atoms with Crippen LogP contribution in [0.3, 0.4) is 0 Å². The van der Waals surface area contributed by atoms with Crippen molar-refractivity contribution < 1.29 is 19.0 Å². The van der Waals surface area contributed by atoms with Crippen molar-refractivity contribution in [3.05, 3.63) is 88.5 Å². The number of benzene rings is 3. The van der Waals surface area contributed by atoms with Crippen LogP contribution in [0.5, 0.6) is 17.2 Å². The minimum atomic E-state index is -0.340. The number of carbonyl (C=O) groups is 1. The number of nitriles is 1. The Labute approximate surface area is 213 Å². The fraction of sp³-hybridized carbons (Fsp3) is 0.143. The van der Waals surface area contributed by atoms with Gasteiger partial charge in [0.05, 0.1) is 30.2 Å². The summed E-state index contributed by atoms with van der Waals surface area (Å²) in [4.78, 5) is 31.8. The number of aromatic nitrogens is 2. The van der Waals surface area contributed by atoms with Crippen molar-refractivity contribution >= 4 is 34.1 Å². The van der Waals surface area contributed by atoms with Crippen LogP contribution in [0.15, 0.2) is 71.5 Å². The minimum absolute atomic E-state index is 0.163. The zero-order valence-corrected chi connectivity index (χ0v) is 20.3. The van der Waals surface area contributed by atoms with Gasteiger partial charge >= 0.3 is 0 Å². The molecule has 186 valence electrons. The molecule has 1 aromatic heterocycles. The Morgan fingerprint density at radius 3 is 2.59 bits per heavy atom. The molecule has 0 saturated carbocycles. The Morgan fingerprint density at radius 2 is 1.86 bits per heavy atom. The lowest BCUT2D eigenvalue weighted by atomic mass is 10.1. The Bertz CT molecular complexity index is 1550. The summed E-state index contributed by atoms with van der Waals surface area (Å²) >= 11 is 0. The summed E-state index contributed by atoms with van der Waals surface area (Å²) in [6.45, 7) is 2.23. The number of H-pyrrole nitrogens is 1. The number of fused-ring (bicyclic) bond motifs is 1. The first-order valence-corrected chi connectivity index (χ1v) is 11.5. The number of para-hydroxylation sites is 1. The van der Waals surface area contributed by atoms with Gasteiger partial charge in [-0.15, -0.1) is 0 Å². The number of rotatable bonds is 9. The van der Waals surface area contributed by atoms with E-state index in [0.29, 0.717) is 40.3 Å². The van der Waals surface area contributed by atoms with Crippen LogP contribution in [0, 0.1) is 11.3 Å². The number of allylic oxidation sites excluding steroid dienone is 1. The maximum absolute atomic E-state index is 12.4. The predicted octanol–water partition coefficient (Wildman–Crippen LogP) is 4.41. The van der Waals surface area contributed by atoms with Crippen molar-refractivity contribution in [2.24, 2.45) is 0 Å². The van der Waals surface area contributed by atoms with Crippen molar-refractivity contribution in [3.8, 4) is 23.3 Å². The van der Waals surface area contributed by atoms with Gasteiger partial charge in [-0.3, -0.25) is 9.59 Å². The van der Waals surface area contributed by atoms with Crippen LogP contribution in [0.25, 0.3) is 22.6 Å². The highest BCUT2D eigenvalue weighted by Gasteiger charge is 2.12. The van der Waals surface area contributed by atoms with Gasteiger partial charge < -0.3 is 24.5 Å². The van der Waals surface area contributed by atoms with Gasteiger partial charge in [0, 0.05) is 5.69 Å². The summed E-state index contributed by atoms with van der Waals surface area (Å²) in [5.74, 6) is 1.28.